The van der Waals surface area contributed by atoms with E-state index in [0.29, 0.717) is 0 Å². The minimum absolute atomic E-state index is 0. The van der Waals surface area contributed by atoms with Crippen LogP contribution in [0.1, 0.15) is 0 Å². The first kappa shape index (κ1) is 28.9. The molecule has 0 aliphatic heterocycles. The van der Waals surface area contributed by atoms with Crippen molar-refractivity contribution in [3.63, 3.8) is 0 Å². The predicted octanol–water partition coefficient (Wildman–Crippen LogP) is -6.38. The van der Waals surface area contributed by atoms with Gasteiger partial charge in [0.05, 0.1) is 0 Å². The molecule has 0 rings (SSSR count). The molecule has 0 aliphatic rings. The minimum atomic E-state index is 0. The Hall–Kier alpha value is 2.85. The first-order valence-electron chi connectivity index (χ1n) is 0. The molecule has 0 nitrogen and oxygen atoms in total. The molecule has 25 valence electrons. The third kappa shape index (κ3) is 8.85. The Bertz CT molecular complexity index is 6.00. The molecule has 1 radical (unpaired) electrons. The van der Waals surface area contributed by atoms with Gasteiger partial charge in [-0.05, 0) is 0 Å². The van der Waals surface area contributed by atoms with Gasteiger partial charge in [0.25, 0.3) is 0 Å². The zero-order valence-corrected chi connectivity index (χ0v) is 10.2. The van der Waals surface area contributed by atoms with Crippen LogP contribution in [0.5, 0.6) is 0 Å². The van der Waals surface area contributed by atoms with Crippen molar-refractivity contribution in [2.24, 2.45) is 0 Å². The molecule has 0 heterocycles. The van der Waals surface area contributed by atoms with E-state index in [1.165, 1.54) is 0 Å². The zero-order valence-electron chi connectivity index (χ0n) is 1.63. The van der Waals surface area contributed by atoms with Gasteiger partial charge in [0.2, 0.25) is 0 Å². The van der Waals surface area contributed by atoms with E-state index < -0.39 is 0 Å². The summed E-state index contributed by atoms with van der Waals surface area (Å²) < 4.78 is 0. The molecule has 4 heteroatoms. The third-order valence-corrected chi connectivity index (χ3v) is 0. The van der Waals surface area contributed by atoms with Crippen LogP contribution in [0.15, 0.2) is 0 Å². The molecule has 0 aromatic heterocycles. The molecule has 0 saturated carbocycles. The van der Waals surface area contributed by atoms with Crippen LogP contribution in [0, 0.1) is 0 Å². The van der Waals surface area contributed by atoms with Crippen molar-refractivity contribution in [2.75, 3.05) is 0 Å². The summed E-state index contributed by atoms with van der Waals surface area (Å²) in [5.41, 5.74) is 0. The van der Waals surface area contributed by atoms with Crippen LogP contribution < -0.4 is 48.0 Å². The van der Waals surface area contributed by atoms with Crippen LogP contribution in [-0.4, -0.2) is 25.8 Å². The van der Waals surface area contributed by atoms with Crippen LogP contribution in [-0.2, 0) is 17.1 Å². The monoisotopic (exact) mass is 432 g/mol. The summed E-state index contributed by atoms with van der Waals surface area (Å²) in [7, 11) is 0. The molecule has 0 N–H and O–H groups in total. The fraction of sp³-hybridized carbons (Fsp3) is 0. The van der Waals surface area contributed by atoms with Gasteiger partial charge in [-0.2, -0.15) is 0 Å². The Labute approximate surface area is 89.2 Å². The smallest absolute Gasteiger partial charge is 1.00 e. The van der Waals surface area contributed by atoms with E-state index in [1.807, 2.05) is 0 Å². The number of halogens is 2. The van der Waals surface area contributed by atoms with Gasteiger partial charge in [-0.15, -0.1) is 0 Å². The zero-order chi connectivity index (χ0) is 0. The van der Waals surface area contributed by atoms with Crippen molar-refractivity contribution < 1.29 is 65.0 Å². The van der Waals surface area contributed by atoms with Crippen molar-refractivity contribution in [1.82, 2.24) is 0 Å². The largest absolute Gasteiger partial charge is 3.00 e. The molecule has 0 aromatic carbocycles. The molecular formula is CuI2In+3. The fourth-order valence-corrected chi connectivity index (χ4v) is 0. The van der Waals surface area contributed by atoms with E-state index in [2.05, 4.69) is 0 Å². The number of hydrogen-bond donors (Lipinski definition) is 0. The van der Waals surface area contributed by atoms with Crippen LogP contribution >= 0.6 is 0 Å². The Morgan fingerprint density at radius 3 is 0.750 bits per heavy atom. The first-order valence-corrected chi connectivity index (χ1v) is 0. The summed E-state index contributed by atoms with van der Waals surface area (Å²) in [6.07, 6.45) is 0. The molecule has 0 aromatic rings. The molecule has 0 bridgehead atoms. The Morgan fingerprint density at radius 1 is 0.750 bits per heavy atom. The molecular weight excluding hydrogens is 432 g/mol. The molecule has 0 unspecified atom stereocenters. The number of rotatable bonds is 0. The average molecular weight is 432 g/mol. The molecule has 0 spiro atoms. The quantitative estimate of drug-likeness (QED) is 0.264. The second kappa shape index (κ2) is 16.9. The van der Waals surface area contributed by atoms with Crippen LogP contribution in [0.2, 0.25) is 0 Å². The third-order valence-electron chi connectivity index (χ3n) is 0. The van der Waals surface area contributed by atoms with Gasteiger partial charge in [0.15, 0.2) is 0 Å². The van der Waals surface area contributed by atoms with Crippen molar-refractivity contribution in [1.29, 1.82) is 0 Å². The van der Waals surface area contributed by atoms with E-state index in [-0.39, 0.29) is 90.9 Å². The summed E-state index contributed by atoms with van der Waals surface area (Å²) in [4.78, 5) is 0. The molecule has 0 fully saturated rings. The van der Waals surface area contributed by atoms with Gasteiger partial charge >= 0.3 is 42.9 Å². The maximum Gasteiger partial charge on any atom is 3.00 e. The molecule has 0 amide bonds. The summed E-state index contributed by atoms with van der Waals surface area (Å²) in [6.45, 7) is 0. The average Bonchev–Trinajstić information content (AvgIpc) is 0. The summed E-state index contributed by atoms with van der Waals surface area (Å²) >= 11 is 0. The van der Waals surface area contributed by atoms with Gasteiger partial charge < -0.3 is 48.0 Å². The van der Waals surface area contributed by atoms with Gasteiger partial charge in [-0.25, -0.2) is 0 Å². The predicted molar refractivity (Wildman–Crippen MR) is 5.75 cm³/mol. The van der Waals surface area contributed by atoms with E-state index in [4.69, 9.17) is 0 Å². The molecule has 4 heavy (non-hydrogen) atoms. The van der Waals surface area contributed by atoms with E-state index in [0.717, 1.165) is 0 Å². The molecule has 0 atom stereocenters. The maximum absolute atomic E-state index is 0. The number of hydrogen-bond acceptors (Lipinski definition) is 0. The van der Waals surface area contributed by atoms with Gasteiger partial charge in [-0.1, -0.05) is 0 Å². The fourth-order valence-electron chi connectivity index (χ4n) is 0. The van der Waals surface area contributed by atoms with Crippen LogP contribution in [0.25, 0.3) is 0 Å². The van der Waals surface area contributed by atoms with Crippen molar-refractivity contribution >= 4 is 25.8 Å². The Kier molecular flexibility index (Phi) is 122. The molecule has 0 aliphatic carbocycles. The normalized spacial score (nSPS) is 0. The topological polar surface area (TPSA) is 0 Å². The Morgan fingerprint density at radius 2 is 0.750 bits per heavy atom. The van der Waals surface area contributed by atoms with Crippen LogP contribution in [0.3, 0.4) is 0 Å². The summed E-state index contributed by atoms with van der Waals surface area (Å²) in [5, 5.41) is 0. The summed E-state index contributed by atoms with van der Waals surface area (Å²) in [5.74, 6) is 0. The maximum atomic E-state index is 0. The van der Waals surface area contributed by atoms with Gasteiger partial charge in [0.1, 0.15) is 0 Å². The first-order chi connectivity index (χ1) is 0. The van der Waals surface area contributed by atoms with Crippen LogP contribution in [0.4, 0.5) is 0 Å². The van der Waals surface area contributed by atoms with Crippen molar-refractivity contribution in [3.05, 3.63) is 0 Å². The minimum Gasteiger partial charge on any atom is -1.00 e. The molecule has 0 saturated heterocycles. The van der Waals surface area contributed by atoms with Gasteiger partial charge in [0, 0.05) is 0 Å². The van der Waals surface area contributed by atoms with E-state index in [9.17, 15) is 0 Å². The van der Waals surface area contributed by atoms with E-state index >= 15 is 0 Å². The summed E-state index contributed by atoms with van der Waals surface area (Å²) in [6, 6.07) is 0. The standard InChI is InChI=1S/Cu.2HI.In/h;2*1H;/q+2;;;+3/p-2. The Balaban J connectivity index is 0. The van der Waals surface area contributed by atoms with Crippen molar-refractivity contribution in [3.8, 4) is 0 Å². The van der Waals surface area contributed by atoms with Crippen molar-refractivity contribution in [2.45, 2.75) is 0 Å². The SMILES string of the molecule is [Cu+2].[I-].[I-].[In+3]. The van der Waals surface area contributed by atoms with E-state index in [1.54, 1.807) is 0 Å². The second-order valence-electron chi connectivity index (χ2n) is 0. The second-order valence-corrected chi connectivity index (χ2v) is 0. The van der Waals surface area contributed by atoms with Gasteiger partial charge in [-0.3, -0.25) is 0 Å².